The lowest BCUT2D eigenvalue weighted by molar-refractivity contribution is -0.119. The first-order valence-electron chi connectivity index (χ1n) is 9.47. The van der Waals surface area contributed by atoms with E-state index in [2.05, 4.69) is 5.32 Å². The van der Waals surface area contributed by atoms with Crippen molar-refractivity contribution in [2.45, 2.75) is 6.92 Å². The van der Waals surface area contributed by atoms with Crippen LogP contribution < -0.4 is 10.1 Å². The Balaban J connectivity index is 1.56. The smallest absolute Gasteiger partial charge is 0.338 e. The molecule has 0 bridgehead atoms. The summed E-state index contributed by atoms with van der Waals surface area (Å²) in [5.41, 5.74) is 1.78. The fourth-order valence-electron chi connectivity index (χ4n) is 2.77. The van der Waals surface area contributed by atoms with Gasteiger partial charge in [0.15, 0.2) is 12.4 Å². The minimum absolute atomic E-state index is 0.136. The van der Waals surface area contributed by atoms with Gasteiger partial charge in [-0.15, -0.1) is 0 Å². The van der Waals surface area contributed by atoms with Gasteiger partial charge >= 0.3 is 5.97 Å². The van der Waals surface area contributed by atoms with Crippen LogP contribution in [0, 0.1) is 0 Å². The molecule has 0 aliphatic carbocycles. The predicted octanol–water partition coefficient (Wildman–Crippen LogP) is 4.11. The number of ketones is 1. The lowest BCUT2D eigenvalue weighted by Crippen LogP contribution is -2.21. The Morgan fingerprint density at radius 1 is 0.767 bits per heavy atom. The van der Waals surface area contributed by atoms with Gasteiger partial charge in [-0.1, -0.05) is 54.6 Å². The fourth-order valence-corrected chi connectivity index (χ4v) is 2.77. The SMILES string of the molecule is CCOc1ccccc1NC(=O)COC(=O)c1ccc(C(=O)c2ccccc2)cc1. The molecule has 0 spiro atoms. The third-order valence-corrected chi connectivity index (χ3v) is 4.21. The lowest BCUT2D eigenvalue weighted by Gasteiger charge is -2.11. The molecule has 0 saturated carbocycles. The van der Waals surface area contributed by atoms with Crippen LogP contribution >= 0.6 is 0 Å². The molecule has 0 saturated heterocycles. The minimum Gasteiger partial charge on any atom is -0.492 e. The molecule has 0 atom stereocenters. The van der Waals surface area contributed by atoms with Gasteiger partial charge in [0, 0.05) is 11.1 Å². The maximum atomic E-state index is 12.4. The summed E-state index contributed by atoms with van der Waals surface area (Å²) >= 11 is 0. The van der Waals surface area contributed by atoms with E-state index in [1.807, 2.05) is 13.0 Å². The fraction of sp³-hybridized carbons (Fsp3) is 0.125. The molecule has 3 aromatic carbocycles. The molecule has 0 radical (unpaired) electrons. The number of anilines is 1. The Kier molecular flexibility index (Phi) is 6.95. The van der Waals surface area contributed by atoms with Crippen LogP contribution in [0.2, 0.25) is 0 Å². The largest absolute Gasteiger partial charge is 0.492 e. The second-order valence-corrected chi connectivity index (χ2v) is 6.33. The van der Waals surface area contributed by atoms with E-state index in [4.69, 9.17) is 9.47 Å². The van der Waals surface area contributed by atoms with Crippen LogP contribution in [-0.2, 0) is 9.53 Å². The van der Waals surface area contributed by atoms with Crippen molar-refractivity contribution >= 4 is 23.3 Å². The Morgan fingerprint density at radius 2 is 1.37 bits per heavy atom. The van der Waals surface area contributed by atoms with Crippen molar-refractivity contribution < 1.29 is 23.9 Å². The van der Waals surface area contributed by atoms with Crippen molar-refractivity contribution in [3.8, 4) is 5.75 Å². The lowest BCUT2D eigenvalue weighted by atomic mass is 10.0. The zero-order chi connectivity index (χ0) is 21.3. The molecule has 0 unspecified atom stereocenters. The highest BCUT2D eigenvalue weighted by atomic mass is 16.5. The van der Waals surface area contributed by atoms with Gasteiger partial charge in [-0.3, -0.25) is 9.59 Å². The minimum atomic E-state index is -0.651. The van der Waals surface area contributed by atoms with E-state index in [1.54, 1.807) is 60.7 Å². The first-order chi connectivity index (χ1) is 14.6. The number of amides is 1. The molecule has 3 aromatic rings. The highest BCUT2D eigenvalue weighted by molar-refractivity contribution is 6.09. The van der Waals surface area contributed by atoms with Gasteiger partial charge in [0.25, 0.3) is 5.91 Å². The van der Waals surface area contributed by atoms with Crippen LogP contribution in [0.3, 0.4) is 0 Å². The summed E-state index contributed by atoms with van der Waals surface area (Å²) in [5.74, 6) is -0.727. The van der Waals surface area contributed by atoms with Gasteiger partial charge in [0.1, 0.15) is 5.75 Å². The molecule has 0 fully saturated rings. The van der Waals surface area contributed by atoms with E-state index in [1.165, 1.54) is 12.1 Å². The molecule has 1 amide bonds. The molecule has 6 nitrogen and oxygen atoms in total. The molecular weight excluding hydrogens is 382 g/mol. The van der Waals surface area contributed by atoms with Gasteiger partial charge in [0.2, 0.25) is 0 Å². The predicted molar refractivity (Wildman–Crippen MR) is 113 cm³/mol. The second-order valence-electron chi connectivity index (χ2n) is 6.33. The van der Waals surface area contributed by atoms with Crippen LogP contribution in [0.25, 0.3) is 0 Å². The maximum absolute atomic E-state index is 12.4. The number of esters is 1. The summed E-state index contributed by atoms with van der Waals surface area (Å²) in [5, 5.41) is 2.66. The summed E-state index contributed by atoms with van der Waals surface area (Å²) in [6.45, 7) is 1.87. The Bertz CT molecular complexity index is 1030. The standard InChI is InChI=1S/C24H21NO5/c1-2-29-21-11-7-6-10-20(21)25-22(26)16-30-24(28)19-14-12-18(13-15-19)23(27)17-8-4-3-5-9-17/h3-15H,2,16H2,1H3,(H,25,26). The van der Waals surface area contributed by atoms with Crippen molar-refractivity contribution in [1.29, 1.82) is 0 Å². The molecule has 0 aliphatic rings. The number of ether oxygens (including phenoxy) is 2. The van der Waals surface area contributed by atoms with Crippen LogP contribution in [-0.4, -0.2) is 30.9 Å². The average molecular weight is 403 g/mol. The van der Waals surface area contributed by atoms with E-state index < -0.39 is 18.5 Å². The number of carbonyl (C=O) groups excluding carboxylic acids is 3. The van der Waals surface area contributed by atoms with Crippen LogP contribution in [0.5, 0.6) is 5.75 Å². The second kappa shape index (κ2) is 10.0. The third kappa shape index (κ3) is 5.32. The Labute approximate surface area is 174 Å². The molecule has 0 heterocycles. The summed E-state index contributed by atoms with van der Waals surface area (Å²) < 4.78 is 10.5. The van der Waals surface area contributed by atoms with Crippen molar-refractivity contribution in [3.63, 3.8) is 0 Å². The number of rotatable bonds is 8. The van der Waals surface area contributed by atoms with E-state index >= 15 is 0 Å². The molecular formula is C24H21NO5. The number of carbonyl (C=O) groups is 3. The topological polar surface area (TPSA) is 81.7 Å². The first kappa shape index (κ1) is 20.8. The monoisotopic (exact) mass is 403 g/mol. The van der Waals surface area contributed by atoms with Crippen molar-refractivity contribution in [2.75, 3.05) is 18.5 Å². The highest BCUT2D eigenvalue weighted by Gasteiger charge is 2.14. The quantitative estimate of drug-likeness (QED) is 0.452. The third-order valence-electron chi connectivity index (χ3n) is 4.21. The van der Waals surface area contributed by atoms with Gasteiger partial charge in [-0.2, -0.15) is 0 Å². The molecule has 0 aromatic heterocycles. The molecule has 3 rings (SSSR count). The van der Waals surface area contributed by atoms with Crippen LogP contribution in [0.15, 0.2) is 78.9 Å². The van der Waals surface area contributed by atoms with Crippen LogP contribution in [0.1, 0.15) is 33.2 Å². The van der Waals surface area contributed by atoms with Gasteiger partial charge in [-0.05, 0) is 31.2 Å². The van der Waals surface area contributed by atoms with E-state index in [9.17, 15) is 14.4 Å². The zero-order valence-corrected chi connectivity index (χ0v) is 16.5. The van der Waals surface area contributed by atoms with Crippen LogP contribution in [0.4, 0.5) is 5.69 Å². The number of hydrogen-bond acceptors (Lipinski definition) is 5. The van der Waals surface area contributed by atoms with Crippen molar-refractivity contribution in [3.05, 3.63) is 95.6 Å². The molecule has 0 aliphatic heterocycles. The summed E-state index contributed by atoms with van der Waals surface area (Å²) in [6, 6.07) is 22.0. The van der Waals surface area contributed by atoms with Crippen molar-refractivity contribution in [2.24, 2.45) is 0 Å². The molecule has 6 heteroatoms. The number of benzene rings is 3. The zero-order valence-electron chi connectivity index (χ0n) is 16.5. The van der Waals surface area contributed by atoms with E-state index in [0.29, 0.717) is 29.2 Å². The van der Waals surface area contributed by atoms with Crippen molar-refractivity contribution in [1.82, 2.24) is 0 Å². The summed E-state index contributed by atoms with van der Waals surface area (Å²) in [7, 11) is 0. The van der Waals surface area contributed by atoms with E-state index in [-0.39, 0.29) is 11.3 Å². The first-order valence-corrected chi connectivity index (χ1v) is 9.47. The Morgan fingerprint density at radius 3 is 2.07 bits per heavy atom. The Hall–Kier alpha value is -3.93. The molecule has 30 heavy (non-hydrogen) atoms. The van der Waals surface area contributed by atoms with Gasteiger partial charge in [-0.25, -0.2) is 4.79 Å². The van der Waals surface area contributed by atoms with E-state index in [0.717, 1.165) is 0 Å². The summed E-state index contributed by atoms with van der Waals surface area (Å²) in [4.78, 5) is 36.7. The summed E-state index contributed by atoms with van der Waals surface area (Å²) in [6.07, 6.45) is 0. The average Bonchev–Trinajstić information content (AvgIpc) is 2.79. The normalized spacial score (nSPS) is 10.2. The molecule has 152 valence electrons. The highest BCUT2D eigenvalue weighted by Crippen LogP contribution is 2.23. The number of para-hydroxylation sites is 2. The number of nitrogens with one attached hydrogen (secondary N) is 1. The van der Waals surface area contributed by atoms with Gasteiger partial charge < -0.3 is 14.8 Å². The maximum Gasteiger partial charge on any atom is 0.338 e. The van der Waals surface area contributed by atoms with Gasteiger partial charge in [0.05, 0.1) is 17.9 Å². The number of hydrogen-bond donors (Lipinski definition) is 1. The molecule has 1 N–H and O–H groups in total.